The fourth-order valence-electron chi connectivity index (χ4n) is 2.67. The predicted octanol–water partition coefficient (Wildman–Crippen LogP) is 1.90. The number of rotatable bonds is 5. The molecule has 1 saturated carbocycles. The van der Waals surface area contributed by atoms with Crippen molar-refractivity contribution in [1.82, 2.24) is 14.9 Å². The molecule has 5 nitrogen and oxygen atoms in total. The Bertz CT molecular complexity index is 443. The summed E-state index contributed by atoms with van der Waals surface area (Å²) in [5.74, 6) is 3.46. The minimum absolute atomic E-state index is 0.586. The number of aromatic nitrogens is 2. The normalized spacial score (nSPS) is 23.6. The molecule has 2 aliphatic rings. The highest BCUT2D eigenvalue weighted by atomic mass is 15.2. The topological polar surface area (TPSA) is 53.1 Å². The van der Waals surface area contributed by atoms with E-state index < -0.39 is 0 Å². The van der Waals surface area contributed by atoms with Crippen LogP contribution in [0, 0.1) is 0 Å². The van der Waals surface area contributed by atoms with E-state index in [0.717, 1.165) is 24.0 Å². The Hall–Kier alpha value is -1.36. The van der Waals surface area contributed by atoms with Crippen LogP contribution in [-0.4, -0.2) is 48.1 Å². The fourth-order valence-corrected chi connectivity index (χ4v) is 2.67. The van der Waals surface area contributed by atoms with E-state index in [0.29, 0.717) is 12.0 Å². The molecule has 2 heterocycles. The number of anilines is 2. The van der Waals surface area contributed by atoms with Gasteiger partial charge in [0.2, 0.25) is 0 Å². The van der Waals surface area contributed by atoms with Crippen molar-refractivity contribution >= 4 is 11.6 Å². The molecule has 5 heteroatoms. The number of likely N-dealkylation sites (N-methyl/N-ethyl adjacent to an activating group) is 1. The SMILES string of the molecule is CNc1cc(NCC2CCCN2C)nc(C2CC2)n1. The Balaban J connectivity index is 1.67. The Morgan fingerprint density at radius 2 is 2.05 bits per heavy atom. The molecule has 0 bridgehead atoms. The predicted molar refractivity (Wildman–Crippen MR) is 77.7 cm³/mol. The Morgan fingerprint density at radius 1 is 1.26 bits per heavy atom. The Morgan fingerprint density at radius 3 is 2.68 bits per heavy atom. The molecular weight excluding hydrogens is 238 g/mol. The highest BCUT2D eigenvalue weighted by Crippen LogP contribution is 2.38. The summed E-state index contributed by atoms with van der Waals surface area (Å²) in [6.07, 6.45) is 5.06. The van der Waals surface area contributed by atoms with Crippen molar-refractivity contribution in [3.8, 4) is 0 Å². The summed E-state index contributed by atoms with van der Waals surface area (Å²) in [5, 5.41) is 6.61. The summed E-state index contributed by atoms with van der Waals surface area (Å²) in [7, 11) is 4.11. The van der Waals surface area contributed by atoms with Crippen molar-refractivity contribution in [1.29, 1.82) is 0 Å². The first-order valence-corrected chi connectivity index (χ1v) is 7.27. The van der Waals surface area contributed by atoms with Gasteiger partial charge in [0.15, 0.2) is 0 Å². The quantitative estimate of drug-likeness (QED) is 0.848. The maximum Gasteiger partial charge on any atom is 0.136 e. The van der Waals surface area contributed by atoms with Crippen LogP contribution in [0.1, 0.15) is 37.4 Å². The smallest absolute Gasteiger partial charge is 0.136 e. The van der Waals surface area contributed by atoms with Gasteiger partial charge in [-0.2, -0.15) is 0 Å². The summed E-state index contributed by atoms with van der Waals surface area (Å²) in [4.78, 5) is 11.6. The van der Waals surface area contributed by atoms with Crippen LogP contribution in [0.2, 0.25) is 0 Å². The van der Waals surface area contributed by atoms with Crippen LogP contribution in [0.15, 0.2) is 6.07 Å². The molecule has 1 aliphatic carbocycles. The van der Waals surface area contributed by atoms with Crippen LogP contribution in [0.25, 0.3) is 0 Å². The zero-order valence-corrected chi connectivity index (χ0v) is 11.8. The molecule has 1 aliphatic heterocycles. The van der Waals surface area contributed by atoms with Gasteiger partial charge in [0.1, 0.15) is 17.5 Å². The van der Waals surface area contributed by atoms with Gasteiger partial charge >= 0.3 is 0 Å². The average Bonchev–Trinajstić information content (AvgIpc) is 3.20. The molecule has 2 N–H and O–H groups in total. The largest absolute Gasteiger partial charge is 0.373 e. The highest BCUT2D eigenvalue weighted by molar-refractivity contribution is 5.48. The van der Waals surface area contributed by atoms with E-state index in [1.54, 1.807) is 0 Å². The number of likely N-dealkylation sites (tertiary alicyclic amines) is 1. The van der Waals surface area contributed by atoms with E-state index in [-0.39, 0.29) is 0 Å². The monoisotopic (exact) mass is 261 g/mol. The summed E-state index contributed by atoms with van der Waals surface area (Å²) >= 11 is 0. The average molecular weight is 261 g/mol. The molecule has 0 spiro atoms. The van der Waals surface area contributed by atoms with E-state index in [4.69, 9.17) is 0 Å². The molecule has 0 radical (unpaired) electrons. The van der Waals surface area contributed by atoms with Crippen LogP contribution in [0.3, 0.4) is 0 Å². The van der Waals surface area contributed by atoms with Gasteiger partial charge in [-0.25, -0.2) is 9.97 Å². The first kappa shape index (κ1) is 12.7. The highest BCUT2D eigenvalue weighted by Gasteiger charge is 2.27. The second-order valence-electron chi connectivity index (χ2n) is 5.68. The van der Waals surface area contributed by atoms with Gasteiger partial charge in [0.05, 0.1) is 0 Å². The van der Waals surface area contributed by atoms with Gasteiger partial charge in [-0.05, 0) is 39.3 Å². The Kier molecular flexibility index (Phi) is 3.55. The molecule has 0 amide bonds. The minimum Gasteiger partial charge on any atom is -0.373 e. The number of hydrogen-bond donors (Lipinski definition) is 2. The molecule has 1 atom stereocenters. The zero-order chi connectivity index (χ0) is 13.2. The van der Waals surface area contributed by atoms with Gasteiger partial charge in [-0.15, -0.1) is 0 Å². The maximum absolute atomic E-state index is 4.65. The lowest BCUT2D eigenvalue weighted by atomic mass is 10.2. The molecule has 3 rings (SSSR count). The molecule has 1 saturated heterocycles. The molecule has 2 fully saturated rings. The van der Waals surface area contributed by atoms with E-state index in [1.807, 2.05) is 13.1 Å². The lowest BCUT2D eigenvalue weighted by molar-refractivity contribution is 0.322. The molecule has 1 aromatic rings. The third-order valence-electron chi connectivity index (χ3n) is 4.13. The first-order valence-electron chi connectivity index (χ1n) is 7.27. The zero-order valence-electron chi connectivity index (χ0n) is 11.8. The van der Waals surface area contributed by atoms with Gasteiger partial charge in [0, 0.05) is 31.6 Å². The number of hydrogen-bond acceptors (Lipinski definition) is 5. The molecule has 19 heavy (non-hydrogen) atoms. The van der Waals surface area contributed by atoms with Gasteiger partial charge in [-0.3, -0.25) is 0 Å². The molecule has 104 valence electrons. The van der Waals surface area contributed by atoms with Crippen LogP contribution in [0.4, 0.5) is 11.6 Å². The van der Waals surface area contributed by atoms with Crippen molar-refractivity contribution in [3.05, 3.63) is 11.9 Å². The van der Waals surface area contributed by atoms with Crippen LogP contribution in [-0.2, 0) is 0 Å². The first-order chi connectivity index (χ1) is 9.26. The summed E-state index contributed by atoms with van der Waals surface area (Å²) < 4.78 is 0. The second-order valence-corrected chi connectivity index (χ2v) is 5.68. The standard InChI is InChI=1S/C14H23N5/c1-15-12-8-13(18-14(17-12)10-5-6-10)16-9-11-4-3-7-19(11)2/h8,10-11H,3-7,9H2,1-2H3,(H2,15,16,17,18). The lowest BCUT2D eigenvalue weighted by Crippen LogP contribution is -2.31. The number of nitrogens with zero attached hydrogens (tertiary/aromatic N) is 3. The molecule has 1 unspecified atom stereocenters. The third-order valence-corrected chi connectivity index (χ3v) is 4.13. The van der Waals surface area contributed by atoms with Crippen molar-refractivity contribution < 1.29 is 0 Å². The molecular formula is C14H23N5. The summed E-state index contributed by atoms with van der Waals surface area (Å²) in [6, 6.07) is 2.64. The van der Waals surface area contributed by atoms with E-state index >= 15 is 0 Å². The number of nitrogens with one attached hydrogen (secondary N) is 2. The minimum atomic E-state index is 0.586. The van der Waals surface area contributed by atoms with Gasteiger partial charge < -0.3 is 15.5 Å². The summed E-state index contributed by atoms with van der Waals surface area (Å²) in [6.45, 7) is 2.19. The van der Waals surface area contributed by atoms with E-state index in [9.17, 15) is 0 Å². The molecule has 0 aromatic carbocycles. The maximum atomic E-state index is 4.65. The van der Waals surface area contributed by atoms with Crippen LogP contribution < -0.4 is 10.6 Å². The van der Waals surface area contributed by atoms with Crippen LogP contribution in [0.5, 0.6) is 0 Å². The van der Waals surface area contributed by atoms with Crippen molar-refractivity contribution in [2.24, 2.45) is 0 Å². The van der Waals surface area contributed by atoms with Crippen LogP contribution >= 0.6 is 0 Å². The van der Waals surface area contributed by atoms with Gasteiger partial charge in [0.25, 0.3) is 0 Å². The lowest BCUT2D eigenvalue weighted by Gasteiger charge is -2.20. The summed E-state index contributed by atoms with van der Waals surface area (Å²) in [5.41, 5.74) is 0. The Labute approximate surface area is 114 Å². The second kappa shape index (κ2) is 5.33. The van der Waals surface area contributed by atoms with Crippen molar-refractivity contribution in [2.45, 2.75) is 37.6 Å². The fraction of sp³-hybridized carbons (Fsp3) is 0.714. The van der Waals surface area contributed by atoms with E-state index in [1.165, 1.54) is 32.2 Å². The third kappa shape index (κ3) is 2.97. The van der Waals surface area contributed by atoms with Gasteiger partial charge in [-0.1, -0.05) is 0 Å². The molecule has 1 aromatic heterocycles. The van der Waals surface area contributed by atoms with E-state index in [2.05, 4.69) is 32.5 Å². The van der Waals surface area contributed by atoms with Crippen molar-refractivity contribution in [3.63, 3.8) is 0 Å². The van der Waals surface area contributed by atoms with Crippen molar-refractivity contribution in [2.75, 3.05) is 37.8 Å².